The molecule has 1 amide bonds. The fourth-order valence-electron chi connectivity index (χ4n) is 7.53. The lowest BCUT2D eigenvalue weighted by Gasteiger charge is -2.24. The average molecular weight is 828 g/mol. The Morgan fingerprint density at radius 3 is 1.36 bits per heavy atom. The van der Waals surface area contributed by atoms with Crippen molar-refractivity contribution in [3.63, 3.8) is 0 Å². The van der Waals surface area contributed by atoms with Crippen LogP contribution >= 0.6 is 0 Å². The van der Waals surface area contributed by atoms with Crippen LogP contribution in [0.15, 0.2) is 48.6 Å². The van der Waals surface area contributed by atoms with Crippen LogP contribution in [0.5, 0.6) is 0 Å². The van der Waals surface area contributed by atoms with E-state index in [4.69, 9.17) is 4.74 Å². The van der Waals surface area contributed by atoms with Crippen LogP contribution in [-0.4, -0.2) is 46.9 Å². The molecule has 0 aliphatic carbocycles. The highest BCUT2D eigenvalue weighted by Crippen LogP contribution is 2.17. The van der Waals surface area contributed by atoms with E-state index in [1.165, 1.54) is 148 Å². The Morgan fingerprint density at radius 2 is 0.898 bits per heavy atom. The van der Waals surface area contributed by atoms with Gasteiger partial charge in [-0.2, -0.15) is 0 Å². The van der Waals surface area contributed by atoms with Crippen molar-refractivity contribution in [3.8, 4) is 0 Å². The van der Waals surface area contributed by atoms with E-state index >= 15 is 0 Å². The predicted molar refractivity (Wildman–Crippen MR) is 255 cm³/mol. The first-order valence-electron chi connectivity index (χ1n) is 25.4. The van der Waals surface area contributed by atoms with E-state index in [1.54, 1.807) is 0 Å². The lowest BCUT2D eigenvalue weighted by Crippen LogP contribution is -2.46. The van der Waals surface area contributed by atoms with E-state index in [2.05, 4.69) is 68.6 Å². The van der Waals surface area contributed by atoms with Gasteiger partial charge in [-0.15, -0.1) is 0 Å². The summed E-state index contributed by atoms with van der Waals surface area (Å²) in [6.45, 7) is 6.42. The zero-order valence-corrected chi connectivity index (χ0v) is 39.1. The second-order valence-corrected chi connectivity index (χ2v) is 17.2. The van der Waals surface area contributed by atoms with Crippen molar-refractivity contribution in [1.29, 1.82) is 0 Å². The number of aliphatic hydroxyl groups is 2. The van der Waals surface area contributed by atoms with Crippen molar-refractivity contribution < 1.29 is 24.5 Å². The van der Waals surface area contributed by atoms with E-state index < -0.39 is 18.2 Å². The van der Waals surface area contributed by atoms with Crippen LogP contribution in [0.25, 0.3) is 0 Å². The first kappa shape index (κ1) is 56.8. The smallest absolute Gasteiger partial charge is 0.306 e. The first-order chi connectivity index (χ1) is 29.0. The molecule has 0 saturated carbocycles. The predicted octanol–water partition coefficient (Wildman–Crippen LogP) is 15.1. The van der Waals surface area contributed by atoms with Gasteiger partial charge in [0.25, 0.3) is 0 Å². The number of unbranched alkanes of at least 4 members (excludes halogenated alkanes) is 26. The molecule has 3 unspecified atom stereocenters. The number of esters is 1. The number of amides is 1. The molecule has 0 aromatic rings. The molecule has 344 valence electrons. The highest BCUT2D eigenvalue weighted by Gasteiger charge is 2.23. The molecular weight excluding hydrogens is 731 g/mol. The van der Waals surface area contributed by atoms with Crippen molar-refractivity contribution in [3.05, 3.63) is 48.6 Å². The molecule has 3 atom stereocenters. The normalized spacial score (nSPS) is 13.6. The van der Waals surface area contributed by atoms with Gasteiger partial charge in [0.05, 0.1) is 25.2 Å². The monoisotopic (exact) mass is 828 g/mol. The molecule has 0 heterocycles. The zero-order chi connectivity index (χ0) is 43.1. The van der Waals surface area contributed by atoms with Crippen LogP contribution in [0.2, 0.25) is 0 Å². The minimum Gasteiger partial charge on any atom is -0.461 e. The second kappa shape index (κ2) is 46.9. The largest absolute Gasteiger partial charge is 0.461 e. The summed E-state index contributed by atoms with van der Waals surface area (Å²) in [7, 11) is 0. The van der Waals surface area contributed by atoms with Gasteiger partial charge in [-0.05, 0) is 44.9 Å². The summed E-state index contributed by atoms with van der Waals surface area (Å²) in [6, 6.07) is -0.728. The molecule has 0 rings (SSSR count). The van der Waals surface area contributed by atoms with Gasteiger partial charge in [0, 0.05) is 12.8 Å². The maximum absolute atomic E-state index is 13.2. The number of carbonyl (C=O) groups excluding carboxylic acids is 2. The van der Waals surface area contributed by atoms with Crippen LogP contribution in [0.1, 0.15) is 252 Å². The van der Waals surface area contributed by atoms with Gasteiger partial charge in [0.1, 0.15) is 6.10 Å². The van der Waals surface area contributed by atoms with E-state index in [9.17, 15) is 19.8 Å². The summed E-state index contributed by atoms with van der Waals surface area (Å²) in [4.78, 5) is 26.0. The minimum absolute atomic E-state index is 0.00394. The van der Waals surface area contributed by atoms with Crippen molar-refractivity contribution in [1.82, 2.24) is 5.32 Å². The number of hydrogen-bond acceptors (Lipinski definition) is 5. The lowest BCUT2D eigenvalue weighted by molar-refractivity contribution is -0.150. The lowest BCUT2D eigenvalue weighted by atomic mass is 10.0. The van der Waals surface area contributed by atoms with Gasteiger partial charge in [0.2, 0.25) is 5.91 Å². The number of carbonyl (C=O) groups is 2. The van der Waals surface area contributed by atoms with Crippen LogP contribution in [0, 0.1) is 0 Å². The molecule has 0 radical (unpaired) electrons. The quantitative estimate of drug-likeness (QED) is 0.0323. The Labute approximate surface area is 366 Å². The zero-order valence-electron chi connectivity index (χ0n) is 39.1. The highest BCUT2D eigenvalue weighted by molar-refractivity contribution is 5.77. The first-order valence-corrected chi connectivity index (χ1v) is 25.4. The van der Waals surface area contributed by atoms with Crippen LogP contribution in [0.4, 0.5) is 0 Å². The molecule has 0 fully saturated rings. The molecule has 6 nitrogen and oxygen atoms in total. The molecule has 0 spiro atoms. The maximum Gasteiger partial charge on any atom is 0.306 e. The number of nitrogens with one attached hydrogen (secondary N) is 1. The summed E-state index contributed by atoms with van der Waals surface area (Å²) >= 11 is 0. The Kier molecular flexibility index (Phi) is 45.1. The highest BCUT2D eigenvalue weighted by atomic mass is 16.5. The number of rotatable bonds is 45. The molecule has 0 saturated heterocycles. The molecule has 0 aromatic heterocycles. The van der Waals surface area contributed by atoms with Crippen molar-refractivity contribution in [2.24, 2.45) is 0 Å². The summed E-state index contributed by atoms with van der Waals surface area (Å²) in [6.07, 6.45) is 56.1. The van der Waals surface area contributed by atoms with E-state index in [-0.39, 0.29) is 24.9 Å². The van der Waals surface area contributed by atoms with E-state index in [1.807, 2.05) is 6.08 Å². The summed E-state index contributed by atoms with van der Waals surface area (Å²) in [5.41, 5.74) is 0. The fraction of sp³-hybridized carbons (Fsp3) is 0.811. The molecule has 0 aliphatic heterocycles. The molecule has 0 aliphatic rings. The summed E-state index contributed by atoms with van der Waals surface area (Å²) in [5, 5.41) is 23.7. The molecule has 6 heteroatoms. The Bertz CT molecular complexity index is 1020. The third-order valence-electron chi connectivity index (χ3n) is 11.4. The fourth-order valence-corrected chi connectivity index (χ4v) is 7.53. The number of ether oxygens (including phenoxy) is 1. The molecule has 0 aromatic carbocycles. The topological polar surface area (TPSA) is 95.9 Å². The number of allylic oxidation sites excluding steroid dienone is 7. The third-order valence-corrected chi connectivity index (χ3v) is 11.4. The van der Waals surface area contributed by atoms with Gasteiger partial charge in [-0.1, -0.05) is 236 Å². The maximum atomic E-state index is 13.2. The second-order valence-electron chi connectivity index (χ2n) is 17.2. The number of hydrogen-bond donors (Lipinski definition) is 3. The van der Waals surface area contributed by atoms with E-state index in [0.717, 1.165) is 57.8 Å². The van der Waals surface area contributed by atoms with Crippen LogP contribution in [-0.2, 0) is 14.3 Å². The third kappa shape index (κ3) is 42.3. The average Bonchev–Trinajstić information content (AvgIpc) is 3.23. The van der Waals surface area contributed by atoms with Gasteiger partial charge in [-0.25, -0.2) is 0 Å². The minimum atomic E-state index is -0.809. The van der Waals surface area contributed by atoms with Crippen LogP contribution in [0.3, 0.4) is 0 Å². The van der Waals surface area contributed by atoms with Crippen molar-refractivity contribution in [2.75, 3.05) is 6.61 Å². The molecular formula is C53H97NO5. The number of aliphatic hydroxyl groups excluding tert-OH is 2. The summed E-state index contributed by atoms with van der Waals surface area (Å²) < 4.78 is 5.85. The van der Waals surface area contributed by atoms with Crippen molar-refractivity contribution >= 4 is 11.9 Å². The van der Waals surface area contributed by atoms with Crippen molar-refractivity contribution in [2.45, 2.75) is 270 Å². The Balaban J connectivity index is 4.66. The molecule has 3 N–H and O–H groups in total. The van der Waals surface area contributed by atoms with Gasteiger partial charge in [0.15, 0.2) is 0 Å². The van der Waals surface area contributed by atoms with Crippen LogP contribution < -0.4 is 5.32 Å². The Hall–Kier alpha value is -2.18. The van der Waals surface area contributed by atoms with E-state index in [0.29, 0.717) is 19.3 Å². The summed E-state index contributed by atoms with van der Waals surface area (Å²) in [5.74, 6) is -0.572. The Morgan fingerprint density at radius 1 is 0.508 bits per heavy atom. The molecule has 0 bridgehead atoms. The standard InChI is InChI=1S/C53H97NO5/c1-4-7-10-13-16-19-22-24-26-28-30-32-35-38-41-44-49(59-53(58)46-43-40-37-34-21-18-15-12-9-6-3)47-52(57)54-50(48-55)51(56)45-42-39-36-33-31-29-27-25-23-20-17-14-11-8-5-2/h16,19,24,26,30,32,38,41,49-51,55-56H,4-15,17-18,20-23,25,27-29,31,33-37,39-40,42-48H2,1-3H3,(H,54,57)/b19-16-,26-24-,32-30-,41-38-. The van der Waals surface area contributed by atoms with Gasteiger partial charge < -0.3 is 20.3 Å². The molecule has 59 heavy (non-hydrogen) atoms. The van der Waals surface area contributed by atoms with Gasteiger partial charge in [-0.3, -0.25) is 9.59 Å². The SMILES string of the molecule is CCCCC/C=C\C/C=C\C/C=C\C/C=C\CC(CC(=O)NC(CO)C(O)CCCCCCCCCCCCCCCCC)OC(=O)CCCCCCCCCCCC. The van der Waals surface area contributed by atoms with Gasteiger partial charge >= 0.3 is 5.97 Å².